The number of nitrogens with zero attached hydrogens (tertiary/aromatic N) is 8. The number of carbonyl (C=O) groups excluding carboxylic acids is 6. The first-order chi connectivity index (χ1) is 49.7. The van der Waals surface area contributed by atoms with E-state index in [0.29, 0.717) is 29.8 Å². The molecule has 0 spiro atoms. The molecule has 0 atom stereocenters. The van der Waals surface area contributed by atoms with E-state index in [-0.39, 0.29) is 106 Å². The van der Waals surface area contributed by atoms with E-state index in [1.54, 1.807) is 6.20 Å². The topological polar surface area (TPSA) is 354 Å². The molecular weight excluding hydrogens is 1310 g/mol. The van der Waals surface area contributed by atoms with Gasteiger partial charge in [0.25, 0.3) is 23.6 Å². The van der Waals surface area contributed by atoms with Crippen molar-refractivity contribution in [2.75, 3.05) is 21.7 Å². The number of carbonyl (C=O) groups is 6. The van der Waals surface area contributed by atoms with Gasteiger partial charge < -0.3 is 54.0 Å². The van der Waals surface area contributed by atoms with Crippen LogP contribution in [0.1, 0.15) is 183 Å². The Labute approximate surface area is 598 Å². The number of hydrogen-bond donors (Lipinski definition) is 10. The molecule has 0 radical (unpaired) electrons. The zero-order valence-electron chi connectivity index (χ0n) is 57.2. The van der Waals surface area contributed by atoms with Crippen LogP contribution in [0.25, 0.3) is 0 Å². The molecule has 4 aromatic heterocycles. The molecule has 4 heterocycles. The molecule has 528 valence electrons. The molecule has 25 heteroatoms. The highest BCUT2D eigenvalue weighted by Gasteiger charge is 2.37. The highest BCUT2D eigenvalue weighted by Crippen LogP contribution is 2.31. The Hall–Kier alpha value is -10.5. The predicted octanol–water partition coefficient (Wildman–Crippen LogP) is 8.82. The minimum atomic E-state index is -0.906. The average Bonchev–Trinajstić information content (AvgIpc) is 1.43. The molecule has 4 aromatic carbocycles. The van der Waals surface area contributed by atoms with Crippen LogP contribution in [-0.4, -0.2) is 116 Å². The van der Waals surface area contributed by atoms with Crippen LogP contribution in [0, 0.1) is 5.92 Å². The van der Waals surface area contributed by atoms with E-state index in [9.17, 15) is 28.8 Å². The lowest BCUT2D eigenvalue weighted by molar-refractivity contribution is -0.122. The highest BCUT2D eigenvalue weighted by atomic mass is 32.1. The van der Waals surface area contributed by atoms with Crippen LogP contribution in [-0.2, 0) is 61.0 Å². The molecule has 0 saturated heterocycles. The van der Waals surface area contributed by atoms with Gasteiger partial charge >= 0.3 is 0 Å². The second-order valence-corrected chi connectivity index (χ2v) is 27.8. The summed E-state index contributed by atoms with van der Waals surface area (Å²) in [5, 5.41) is 24.6. The average molecular weight is 1390 g/mol. The summed E-state index contributed by atoms with van der Waals surface area (Å²) in [6.07, 6.45) is 33.8. The minimum Gasteiger partial charge on any atom is -0.382 e. The van der Waals surface area contributed by atoms with Crippen molar-refractivity contribution in [1.29, 1.82) is 0 Å². The lowest BCUT2D eigenvalue weighted by Crippen LogP contribution is -2.52. The van der Waals surface area contributed by atoms with Crippen LogP contribution >= 0.6 is 12.2 Å². The molecule has 6 amide bonds. The zero-order chi connectivity index (χ0) is 70.8. The van der Waals surface area contributed by atoms with Crippen LogP contribution in [0.5, 0.6) is 0 Å². The number of fused-ring (bicyclic) bond motifs is 4. The fourth-order valence-electron chi connectivity index (χ4n) is 14.8. The van der Waals surface area contributed by atoms with Crippen molar-refractivity contribution in [2.45, 2.75) is 183 Å². The highest BCUT2D eigenvalue weighted by molar-refractivity contribution is 7.80. The third kappa shape index (κ3) is 18.7. The number of rotatable bonds is 14. The van der Waals surface area contributed by atoms with Gasteiger partial charge in [0.1, 0.15) is 0 Å². The third-order valence-corrected chi connectivity index (χ3v) is 20.3. The van der Waals surface area contributed by atoms with Crippen LogP contribution < -0.4 is 54.0 Å². The number of hydrogen-bond acceptors (Lipinski definition) is 17. The summed E-state index contributed by atoms with van der Waals surface area (Å²) in [6.45, 7) is 0. The lowest BCUT2D eigenvalue weighted by atomic mass is 9.82. The maximum atomic E-state index is 12.8. The van der Waals surface area contributed by atoms with E-state index in [1.807, 2.05) is 48.5 Å². The van der Waals surface area contributed by atoms with E-state index < -0.39 is 5.54 Å². The summed E-state index contributed by atoms with van der Waals surface area (Å²) in [6, 6.07) is 33.6. The Morgan fingerprint density at radius 1 is 0.353 bits per heavy atom. The Bertz CT molecular complexity index is 4210. The van der Waals surface area contributed by atoms with Crippen molar-refractivity contribution < 1.29 is 28.8 Å². The normalized spacial score (nSPS) is 16.9. The number of nitrogens with two attached hydrogens (primary N) is 2. The summed E-state index contributed by atoms with van der Waals surface area (Å²) in [4.78, 5) is 109. The smallest absolute Gasteiger partial charge is 0.273 e. The van der Waals surface area contributed by atoms with E-state index in [2.05, 4.69) is 131 Å². The molecule has 24 nitrogen and oxygen atoms in total. The zero-order valence-corrected chi connectivity index (χ0v) is 58.0. The van der Waals surface area contributed by atoms with Gasteiger partial charge in [-0.05, 0) is 147 Å². The van der Waals surface area contributed by atoms with Crippen molar-refractivity contribution in [1.82, 2.24) is 66.5 Å². The molecule has 8 aromatic rings. The van der Waals surface area contributed by atoms with Crippen LogP contribution in [0.15, 0.2) is 147 Å². The predicted molar refractivity (Wildman–Crippen MR) is 393 cm³/mol. The third-order valence-electron chi connectivity index (χ3n) is 20.0. The van der Waals surface area contributed by atoms with Crippen molar-refractivity contribution in [3.8, 4) is 0 Å². The van der Waals surface area contributed by atoms with Gasteiger partial charge in [-0.25, -0.2) is 39.9 Å². The maximum Gasteiger partial charge on any atom is 0.273 e. The van der Waals surface area contributed by atoms with Gasteiger partial charge in [-0.3, -0.25) is 28.8 Å². The molecule has 15 rings (SSSR count). The Morgan fingerprint density at radius 2 is 0.657 bits per heavy atom. The summed E-state index contributed by atoms with van der Waals surface area (Å²) in [7, 11) is 0. The van der Waals surface area contributed by atoms with E-state index >= 15 is 0 Å². The summed E-state index contributed by atoms with van der Waals surface area (Å²) >= 11 is 5.43. The van der Waals surface area contributed by atoms with Gasteiger partial charge in [0.15, 0.2) is 51.2 Å². The quantitative estimate of drug-likeness (QED) is 0.0454. The van der Waals surface area contributed by atoms with E-state index in [0.717, 1.165) is 109 Å². The Kier molecular flexibility index (Phi) is 23.9. The number of amides is 6. The largest absolute Gasteiger partial charge is 0.382 e. The molecule has 7 aliphatic rings. The summed E-state index contributed by atoms with van der Waals surface area (Å²) < 4.78 is 0. The monoisotopic (exact) mass is 1390 g/mol. The minimum absolute atomic E-state index is 0.000925. The van der Waals surface area contributed by atoms with Gasteiger partial charge in [0.05, 0.1) is 5.54 Å². The first kappa shape index (κ1) is 71.3. The summed E-state index contributed by atoms with van der Waals surface area (Å²) in [5.74, 6) is -0.502. The van der Waals surface area contributed by atoms with Crippen LogP contribution in [0.2, 0.25) is 0 Å². The molecule has 0 unspecified atom stereocenters. The van der Waals surface area contributed by atoms with E-state index in [1.165, 1.54) is 114 Å². The first-order valence-corrected chi connectivity index (χ1v) is 36.1. The number of anilines is 4. The molecule has 0 aliphatic heterocycles. The second kappa shape index (κ2) is 34.2. The number of nitrogens with one attached hydrogen (secondary N) is 8. The number of thiocarbonyl (C=S) groups is 1. The van der Waals surface area contributed by atoms with Gasteiger partial charge in [0, 0.05) is 85.7 Å². The van der Waals surface area contributed by atoms with Gasteiger partial charge in [-0.15, -0.1) is 0 Å². The van der Waals surface area contributed by atoms with Crippen molar-refractivity contribution in [2.24, 2.45) is 11.7 Å². The fourth-order valence-corrected chi connectivity index (χ4v) is 15.0. The second-order valence-electron chi connectivity index (χ2n) is 27.4. The van der Waals surface area contributed by atoms with Crippen LogP contribution in [0.3, 0.4) is 0 Å². The summed E-state index contributed by atoms with van der Waals surface area (Å²) in [5.41, 5.74) is 22.0. The molecular formula is C77H88N18O6S. The molecule has 3 fully saturated rings. The Balaban J connectivity index is 0.000000130. The lowest BCUT2D eigenvalue weighted by Gasteiger charge is -2.31. The SMILES string of the molecule is NC1(C(=O)Nc2nccnc2C(=O)NC2Cc3ccccc3C2)CCCCC1.Nc1nccnc1C(=O)NC1Cc2ccccc2C1.O=C(NC1Cc2ccccc2C1)c1nccnc1NC(=O)C1CCCCC1.O=C(NC1Cc2ccccc2C1)c1nccnc1NC(=S)NC1CCCCC1. The maximum absolute atomic E-state index is 12.8. The van der Waals surface area contributed by atoms with Gasteiger partial charge in [-0.1, -0.05) is 155 Å². The van der Waals surface area contributed by atoms with Crippen molar-refractivity contribution >= 4 is 76.0 Å². The Morgan fingerprint density at radius 3 is 1.03 bits per heavy atom. The van der Waals surface area contributed by atoms with Crippen molar-refractivity contribution in [3.63, 3.8) is 0 Å². The molecule has 0 bridgehead atoms. The number of aromatic nitrogens is 8. The number of benzene rings is 4. The van der Waals surface area contributed by atoms with E-state index in [4.69, 9.17) is 23.7 Å². The van der Waals surface area contributed by atoms with Crippen molar-refractivity contribution in [3.05, 3.63) is 214 Å². The first-order valence-electron chi connectivity index (χ1n) is 35.7. The van der Waals surface area contributed by atoms with Crippen LogP contribution in [0.4, 0.5) is 23.3 Å². The molecule has 7 aliphatic carbocycles. The number of nitrogen functional groups attached to an aromatic ring is 1. The molecule has 12 N–H and O–H groups in total. The fraction of sp³-hybridized carbons (Fsp3) is 0.390. The molecule has 3 saturated carbocycles. The standard InChI is InChI=1S/C21H25N5O2.C21H25N5OS.C21H24N4O2.C14H14N4O/c22-21(8-4-1-5-9-21)20(28)26-18-17(23-10-11-24-18)19(27)25-16-12-14-6-2-3-7-15(14)13-16;27-20(24-17-12-14-6-4-5-7-15(14)13-17)18-19(23-11-10-22-18)26-21(28)25-16-8-2-1-3-9-16;26-20(14-6-2-1-3-7-14)25-19-18(22-10-11-23-19)21(27)24-17-12-15-8-4-5-9-16(15)13-17;15-13-12(16-5-6-17-13)14(19)18-11-7-9-3-1-2-4-10(9)8-11/h2-3,6-7,10-11,16H,1,4-5,8-9,12-13,22H2,(H,25,27)(H,24,26,28);4-7,10-11,16-17H,1-3,8-9,12-13H2,(H,24,27)(H2,23,25,26,28);4-5,8-11,14,17H,1-3,6-7,12-13H2,(H,24,27)(H,23,25,26);1-6,11H,7-8H2,(H2,15,17)(H,18,19). The van der Waals surface area contributed by atoms with Gasteiger partial charge in [-0.2, -0.15) is 0 Å². The molecule has 102 heavy (non-hydrogen) atoms. The van der Waals surface area contributed by atoms with Gasteiger partial charge in [0.2, 0.25) is 11.8 Å².